The summed E-state index contributed by atoms with van der Waals surface area (Å²) >= 11 is 1.42. The Bertz CT molecular complexity index is 1200. The molecule has 3 aromatic rings. The van der Waals surface area contributed by atoms with Gasteiger partial charge in [0.25, 0.3) is 0 Å². The second kappa shape index (κ2) is 7.65. The number of nitrogens with one attached hydrogen (secondary N) is 1. The molecule has 3 heterocycles. The van der Waals surface area contributed by atoms with Crippen molar-refractivity contribution in [3.8, 4) is 0 Å². The summed E-state index contributed by atoms with van der Waals surface area (Å²) in [6, 6.07) is 17.5. The van der Waals surface area contributed by atoms with E-state index in [1.165, 1.54) is 36.6 Å². The number of carbonyl (C=O) groups excluding carboxylic acids is 3. The summed E-state index contributed by atoms with van der Waals surface area (Å²) in [6.45, 7) is 0. The topological polar surface area (TPSA) is 75.7 Å². The molecule has 0 unspecified atom stereocenters. The zero-order chi connectivity index (χ0) is 22.5. The minimum atomic E-state index is -1.60. The fourth-order valence-electron chi connectivity index (χ4n) is 4.92. The molecule has 1 N–H and O–H groups in total. The molecule has 0 spiro atoms. The standard InChI is InChI=1S/C24H19FN2O4S/c1-31-23(30)24(14-8-3-2-4-9-14)19-18(20(26-24)17-12-7-13-32-17)21(28)27(22(19)29)16-11-6-5-10-15(16)25/h2-13,18-20,26H,1H3/t18-,19-,20+,24+/m0/s1. The molecule has 1 aromatic heterocycles. The Morgan fingerprint density at radius 1 is 1.03 bits per heavy atom. The molecular formula is C24H19FN2O4S. The van der Waals surface area contributed by atoms with Crippen LogP contribution in [-0.2, 0) is 24.7 Å². The second-order valence-electron chi connectivity index (χ2n) is 7.77. The summed E-state index contributed by atoms with van der Waals surface area (Å²) in [7, 11) is 1.25. The first-order chi connectivity index (χ1) is 15.5. The normalized spacial score (nSPS) is 26.9. The number of para-hydroxylation sites is 1. The molecule has 0 bridgehead atoms. The largest absolute Gasteiger partial charge is 0.467 e. The molecule has 0 saturated carbocycles. The molecule has 0 aliphatic carbocycles. The molecule has 162 valence electrons. The van der Waals surface area contributed by atoms with Crippen LogP contribution in [0.3, 0.4) is 0 Å². The van der Waals surface area contributed by atoms with Gasteiger partial charge < -0.3 is 4.74 Å². The van der Waals surface area contributed by atoms with Crippen molar-refractivity contribution in [3.05, 3.63) is 88.4 Å². The van der Waals surface area contributed by atoms with E-state index in [9.17, 15) is 18.8 Å². The molecule has 2 amide bonds. The van der Waals surface area contributed by atoms with Crippen LogP contribution in [0.15, 0.2) is 72.1 Å². The van der Waals surface area contributed by atoms with Crippen LogP contribution in [0.1, 0.15) is 16.5 Å². The van der Waals surface area contributed by atoms with Gasteiger partial charge in [-0.05, 0) is 29.1 Å². The van der Waals surface area contributed by atoms with Gasteiger partial charge in [-0.3, -0.25) is 14.9 Å². The van der Waals surface area contributed by atoms with Gasteiger partial charge in [0.1, 0.15) is 5.82 Å². The quantitative estimate of drug-likeness (QED) is 0.487. The van der Waals surface area contributed by atoms with Crippen molar-refractivity contribution in [3.63, 3.8) is 0 Å². The van der Waals surface area contributed by atoms with E-state index in [0.717, 1.165) is 9.78 Å². The van der Waals surface area contributed by atoms with Gasteiger partial charge in [0, 0.05) is 4.88 Å². The number of methoxy groups -OCH3 is 1. The van der Waals surface area contributed by atoms with Gasteiger partial charge in [-0.25, -0.2) is 14.1 Å². The summed E-state index contributed by atoms with van der Waals surface area (Å²) < 4.78 is 19.8. The summed E-state index contributed by atoms with van der Waals surface area (Å²) in [5.74, 6) is -4.53. The Hall–Kier alpha value is -3.36. The second-order valence-corrected chi connectivity index (χ2v) is 8.75. The first-order valence-corrected chi connectivity index (χ1v) is 11.0. The van der Waals surface area contributed by atoms with E-state index in [0.29, 0.717) is 5.56 Å². The third-order valence-electron chi connectivity index (χ3n) is 6.24. The number of esters is 1. The highest BCUT2D eigenvalue weighted by atomic mass is 32.1. The molecule has 5 rings (SSSR count). The number of ether oxygens (including phenoxy) is 1. The number of nitrogens with zero attached hydrogens (tertiary/aromatic N) is 1. The summed E-state index contributed by atoms with van der Waals surface area (Å²) in [4.78, 5) is 42.4. The van der Waals surface area contributed by atoms with Gasteiger partial charge in [-0.1, -0.05) is 48.5 Å². The highest BCUT2D eigenvalue weighted by Crippen LogP contribution is 2.54. The first-order valence-electron chi connectivity index (χ1n) is 10.1. The van der Waals surface area contributed by atoms with Crippen LogP contribution in [-0.4, -0.2) is 24.9 Å². The number of hydrogen-bond acceptors (Lipinski definition) is 6. The number of carbonyl (C=O) groups is 3. The smallest absolute Gasteiger partial charge is 0.331 e. The van der Waals surface area contributed by atoms with E-state index in [2.05, 4.69) is 5.32 Å². The SMILES string of the molecule is COC(=O)[C@]1(c2ccccc2)N[C@H](c2cccs2)[C@H]2C(=O)N(c3ccccc3F)C(=O)[C@H]21. The summed E-state index contributed by atoms with van der Waals surface area (Å²) in [6.07, 6.45) is 0. The van der Waals surface area contributed by atoms with Crippen molar-refractivity contribution in [2.24, 2.45) is 11.8 Å². The lowest BCUT2D eigenvalue weighted by Crippen LogP contribution is -2.53. The predicted octanol–water partition coefficient (Wildman–Crippen LogP) is 3.41. The summed E-state index contributed by atoms with van der Waals surface area (Å²) in [5.41, 5.74) is -1.20. The van der Waals surface area contributed by atoms with E-state index in [-0.39, 0.29) is 5.69 Å². The van der Waals surface area contributed by atoms with Crippen LogP contribution < -0.4 is 10.2 Å². The number of benzene rings is 2. The Morgan fingerprint density at radius 2 is 1.75 bits per heavy atom. The zero-order valence-corrected chi connectivity index (χ0v) is 17.8. The maximum atomic E-state index is 14.6. The van der Waals surface area contributed by atoms with Crippen LogP contribution in [0.4, 0.5) is 10.1 Å². The Kier molecular flexibility index (Phi) is 4.91. The number of hydrogen-bond donors (Lipinski definition) is 1. The predicted molar refractivity (Wildman–Crippen MR) is 116 cm³/mol. The molecule has 0 radical (unpaired) electrons. The average molecular weight is 450 g/mol. The molecule has 2 fully saturated rings. The first kappa shape index (κ1) is 20.5. The lowest BCUT2D eigenvalue weighted by Gasteiger charge is -2.32. The van der Waals surface area contributed by atoms with E-state index in [4.69, 9.17) is 4.74 Å². The lowest BCUT2D eigenvalue weighted by molar-refractivity contribution is -0.152. The van der Waals surface area contributed by atoms with Crippen LogP contribution in [0.5, 0.6) is 0 Å². The van der Waals surface area contributed by atoms with Crippen molar-refractivity contribution in [1.29, 1.82) is 0 Å². The molecule has 2 saturated heterocycles. The molecular weight excluding hydrogens is 431 g/mol. The van der Waals surface area contributed by atoms with E-state index < -0.39 is 47.0 Å². The van der Waals surface area contributed by atoms with Crippen molar-refractivity contribution in [2.45, 2.75) is 11.6 Å². The maximum Gasteiger partial charge on any atom is 0.331 e. The molecule has 8 heteroatoms. The Morgan fingerprint density at radius 3 is 2.41 bits per heavy atom. The van der Waals surface area contributed by atoms with Gasteiger partial charge in [-0.2, -0.15) is 0 Å². The monoisotopic (exact) mass is 450 g/mol. The number of fused-ring (bicyclic) bond motifs is 1. The molecule has 32 heavy (non-hydrogen) atoms. The zero-order valence-electron chi connectivity index (χ0n) is 17.0. The number of amides is 2. The third-order valence-corrected chi connectivity index (χ3v) is 7.19. The van der Waals surface area contributed by atoms with Crippen LogP contribution in [0.25, 0.3) is 0 Å². The Labute approximate surface area is 187 Å². The molecule has 2 aromatic carbocycles. The van der Waals surface area contributed by atoms with Crippen molar-refractivity contribution in [1.82, 2.24) is 5.32 Å². The fraction of sp³-hybridized carbons (Fsp3) is 0.208. The number of thiophene rings is 1. The number of anilines is 1. The number of halogens is 1. The van der Waals surface area contributed by atoms with Crippen molar-refractivity contribution in [2.75, 3.05) is 12.0 Å². The fourth-order valence-corrected chi connectivity index (χ4v) is 5.75. The van der Waals surface area contributed by atoms with E-state index in [1.54, 1.807) is 36.4 Å². The van der Waals surface area contributed by atoms with Crippen LogP contribution >= 0.6 is 11.3 Å². The highest BCUT2D eigenvalue weighted by molar-refractivity contribution is 7.10. The Balaban J connectivity index is 1.74. The average Bonchev–Trinajstić information content (AvgIpc) is 3.52. The minimum absolute atomic E-state index is 0.117. The summed E-state index contributed by atoms with van der Waals surface area (Å²) in [5, 5.41) is 5.16. The molecule has 4 atom stereocenters. The number of imide groups is 1. The molecule has 2 aliphatic heterocycles. The highest BCUT2D eigenvalue weighted by Gasteiger charge is 2.70. The third kappa shape index (κ3) is 2.76. The van der Waals surface area contributed by atoms with Crippen LogP contribution in [0.2, 0.25) is 0 Å². The minimum Gasteiger partial charge on any atom is -0.467 e. The number of rotatable bonds is 4. The molecule has 6 nitrogen and oxygen atoms in total. The van der Waals surface area contributed by atoms with Gasteiger partial charge in [0.2, 0.25) is 11.8 Å². The van der Waals surface area contributed by atoms with Gasteiger partial charge >= 0.3 is 5.97 Å². The lowest BCUT2D eigenvalue weighted by atomic mass is 9.75. The van der Waals surface area contributed by atoms with Crippen molar-refractivity contribution >= 4 is 34.8 Å². The van der Waals surface area contributed by atoms with E-state index in [1.807, 2.05) is 17.5 Å². The van der Waals surface area contributed by atoms with Crippen LogP contribution in [0, 0.1) is 17.7 Å². The maximum absolute atomic E-state index is 14.6. The van der Waals surface area contributed by atoms with Crippen molar-refractivity contribution < 1.29 is 23.5 Å². The van der Waals surface area contributed by atoms with Gasteiger partial charge in [-0.15, -0.1) is 11.3 Å². The van der Waals surface area contributed by atoms with Gasteiger partial charge in [0.05, 0.1) is 30.7 Å². The van der Waals surface area contributed by atoms with Gasteiger partial charge in [0.15, 0.2) is 5.54 Å². The molecule has 2 aliphatic rings. The van der Waals surface area contributed by atoms with E-state index >= 15 is 0 Å².